The first-order valence-electron chi connectivity index (χ1n) is 7.35. The molecule has 0 bridgehead atoms. The molecule has 0 saturated carbocycles. The molecule has 0 spiro atoms. The Morgan fingerprint density at radius 3 is 2.38 bits per heavy atom. The van der Waals surface area contributed by atoms with Crippen molar-refractivity contribution in [3.8, 4) is 5.75 Å². The van der Waals surface area contributed by atoms with Crippen molar-refractivity contribution in [2.45, 2.75) is 19.9 Å². The summed E-state index contributed by atoms with van der Waals surface area (Å²) in [5, 5.41) is 0. The first kappa shape index (κ1) is 15.4. The van der Waals surface area contributed by atoms with Gasteiger partial charge >= 0.3 is 0 Å². The van der Waals surface area contributed by atoms with E-state index in [0.29, 0.717) is 0 Å². The third kappa shape index (κ3) is 3.76. The molecule has 0 saturated heterocycles. The Hall–Kier alpha value is -2.00. The molecule has 2 aromatic carbocycles. The highest BCUT2D eigenvalue weighted by atomic mass is 16.5. The van der Waals surface area contributed by atoms with Crippen molar-refractivity contribution >= 4 is 5.69 Å². The first-order valence-corrected chi connectivity index (χ1v) is 7.35. The van der Waals surface area contributed by atoms with Gasteiger partial charge in [-0.15, -0.1) is 0 Å². The molecule has 0 aliphatic carbocycles. The zero-order chi connectivity index (χ0) is 15.2. The molecule has 0 aliphatic rings. The smallest absolute Gasteiger partial charge is 0.123 e. The molecule has 2 N–H and O–H groups in total. The number of ether oxygens (including phenoxy) is 1. The van der Waals surface area contributed by atoms with Gasteiger partial charge in [-0.1, -0.05) is 35.9 Å². The van der Waals surface area contributed by atoms with E-state index < -0.39 is 0 Å². The van der Waals surface area contributed by atoms with E-state index in [4.69, 9.17) is 10.5 Å². The molecule has 1 unspecified atom stereocenters. The molecule has 3 nitrogen and oxygen atoms in total. The standard InChI is InChI=1S/C18H24N2O/c1-4-20(15-11-9-14(2)10-12-15)13-17(19)16-7-5-6-8-18(16)21-3/h5-12,17H,4,13,19H2,1-3H3. The highest BCUT2D eigenvalue weighted by Crippen LogP contribution is 2.25. The summed E-state index contributed by atoms with van der Waals surface area (Å²) in [6.45, 7) is 5.93. The summed E-state index contributed by atoms with van der Waals surface area (Å²) >= 11 is 0. The maximum atomic E-state index is 6.39. The topological polar surface area (TPSA) is 38.5 Å². The number of nitrogens with two attached hydrogens (primary N) is 1. The molecule has 21 heavy (non-hydrogen) atoms. The van der Waals surface area contributed by atoms with Crippen molar-refractivity contribution in [1.29, 1.82) is 0 Å². The quantitative estimate of drug-likeness (QED) is 0.882. The Bertz CT molecular complexity index is 566. The van der Waals surface area contributed by atoms with Crippen LogP contribution >= 0.6 is 0 Å². The first-order chi connectivity index (χ1) is 10.2. The Kier molecular flexibility index (Phi) is 5.23. The van der Waals surface area contributed by atoms with E-state index in [2.05, 4.69) is 43.0 Å². The SMILES string of the molecule is CCN(CC(N)c1ccccc1OC)c1ccc(C)cc1. The molecule has 2 aromatic rings. The van der Waals surface area contributed by atoms with Gasteiger partial charge in [0.2, 0.25) is 0 Å². The van der Waals surface area contributed by atoms with Gasteiger partial charge in [0, 0.05) is 24.3 Å². The lowest BCUT2D eigenvalue weighted by Crippen LogP contribution is -2.32. The van der Waals surface area contributed by atoms with Crippen LogP contribution in [0, 0.1) is 6.92 Å². The minimum absolute atomic E-state index is 0.0811. The zero-order valence-corrected chi connectivity index (χ0v) is 13.0. The second-order valence-electron chi connectivity index (χ2n) is 5.22. The number of rotatable bonds is 6. The number of hydrogen-bond acceptors (Lipinski definition) is 3. The lowest BCUT2D eigenvalue weighted by Gasteiger charge is -2.27. The summed E-state index contributed by atoms with van der Waals surface area (Å²) in [5.41, 5.74) is 9.91. The van der Waals surface area contributed by atoms with Gasteiger partial charge in [-0.25, -0.2) is 0 Å². The van der Waals surface area contributed by atoms with E-state index in [1.807, 2.05) is 24.3 Å². The molecule has 0 radical (unpaired) electrons. The summed E-state index contributed by atoms with van der Waals surface area (Å²) in [6.07, 6.45) is 0. The lowest BCUT2D eigenvalue weighted by atomic mass is 10.1. The molecular weight excluding hydrogens is 260 g/mol. The van der Waals surface area contributed by atoms with Gasteiger partial charge in [-0.05, 0) is 32.0 Å². The summed E-state index contributed by atoms with van der Waals surface area (Å²) in [4.78, 5) is 2.29. The van der Waals surface area contributed by atoms with Gasteiger partial charge < -0.3 is 15.4 Å². The van der Waals surface area contributed by atoms with Crippen molar-refractivity contribution in [1.82, 2.24) is 0 Å². The van der Waals surface area contributed by atoms with Gasteiger partial charge in [0.1, 0.15) is 5.75 Å². The normalized spacial score (nSPS) is 12.0. The van der Waals surface area contributed by atoms with E-state index in [9.17, 15) is 0 Å². The Labute approximate surface area is 127 Å². The molecule has 2 rings (SSSR count). The van der Waals surface area contributed by atoms with E-state index in [1.54, 1.807) is 7.11 Å². The number of aryl methyl sites for hydroxylation is 1. The van der Waals surface area contributed by atoms with Crippen LogP contribution in [0.2, 0.25) is 0 Å². The monoisotopic (exact) mass is 284 g/mol. The number of methoxy groups -OCH3 is 1. The number of likely N-dealkylation sites (N-methyl/N-ethyl adjacent to an activating group) is 1. The minimum Gasteiger partial charge on any atom is -0.496 e. The van der Waals surface area contributed by atoms with E-state index >= 15 is 0 Å². The van der Waals surface area contributed by atoms with Crippen molar-refractivity contribution in [3.05, 3.63) is 59.7 Å². The Balaban J connectivity index is 2.16. The lowest BCUT2D eigenvalue weighted by molar-refractivity contribution is 0.405. The number of anilines is 1. The summed E-state index contributed by atoms with van der Waals surface area (Å²) < 4.78 is 5.40. The van der Waals surface area contributed by atoms with Crippen LogP contribution in [-0.2, 0) is 0 Å². The van der Waals surface area contributed by atoms with Crippen molar-refractivity contribution < 1.29 is 4.74 Å². The number of benzene rings is 2. The number of nitrogens with zero attached hydrogens (tertiary/aromatic N) is 1. The van der Waals surface area contributed by atoms with E-state index in [1.165, 1.54) is 11.3 Å². The van der Waals surface area contributed by atoms with Gasteiger partial charge in [0.05, 0.1) is 13.2 Å². The van der Waals surface area contributed by atoms with Crippen LogP contribution in [0.25, 0.3) is 0 Å². The number of para-hydroxylation sites is 1. The van der Waals surface area contributed by atoms with E-state index in [-0.39, 0.29) is 6.04 Å². The second-order valence-corrected chi connectivity index (χ2v) is 5.22. The van der Waals surface area contributed by atoms with Gasteiger partial charge in [-0.3, -0.25) is 0 Å². The third-order valence-corrected chi connectivity index (χ3v) is 3.74. The molecular formula is C18H24N2O. The van der Waals surface area contributed by atoms with Crippen LogP contribution in [0.15, 0.2) is 48.5 Å². The highest BCUT2D eigenvalue weighted by Gasteiger charge is 2.15. The average Bonchev–Trinajstić information content (AvgIpc) is 2.53. The fourth-order valence-electron chi connectivity index (χ4n) is 2.48. The largest absolute Gasteiger partial charge is 0.496 e. The van der Waals surface area contributed by atoms with Gasteiger partial charge in [0.15, 0.2) is 0 Å². The van der Waals surface area contributed by atoms with Crippen LogP contribution in [0.4, 0.5) is 5.69 Å². The molecule has 0 amide bonds. The van der Waals surface area contributed by atoms with Crippen molar-refractivity contribution in [3.63, 3.8) is 0 Å². The second kappa shape index (κ2) is 7.14. The fourth-order valence-corrected chi connectivity index (χ4v) is 2.48. The molecule has 1 atom stereocenters. The van der Waals surface area contributed by atoms with Gasteiger partial charge in [-0.2, -0.15) is 0 Å². The van der Waals surface area contributed by atoms with Crippen LogP contribution in [0.3, 0.4) is 0 Å². The molecule has 112 valence electrons. The van der Waals surface area contributed by atoms with Crippen LogP contribution in [0.5, 0.6) is 5.75 Å². The zero-order valence-electron chi connectivity index (χ0n) is 13.0. The molecule has 0 aromatic heterocycles. The Morgan fingerprint density at radius 2 is 1.76 bits per heavy atom. The van der Waals surface area contributed by atoms with E-state index in [0.717, 1.165) is 24.4 Å². The highest BCUT2D eigenvalue weighted by molar-refractivity contribution is 5.48. The maximum Gasteiger partial charge on any atom is 0.123 e. The average molecular weight is 284 g/mol. The fraction of sp³-hybridized carbons (Fsp3) is 0.333. The van der Waals surface area contributed by atoms with Gasteiger partial charge in [0.25, 0.3) is 0 Å². The van der Waals surface area contributed by atoms with Crippen LogP contribution in [0.1, 0.15) is 24.1 Å². The molecule has 0 heterocycles. The van der Waals surface area contributed by atoms with Crippen LogP contribution in [-0.4, -0.2) is 20.2 Å². The Morgan fingerprint density at radius 1 is 1.10 bits per heavy atom. The maximum absolute atomic E-state index is 6.39. The summed E-state index contributed by atoms with van der Waals surface area (Å²) in [6, 6.07) is 16.4. The predicted molar refractivity (Wildman–Crippen MR) is 89.0 cm³/mol. The van der Waals surface area contributed by atoms with Crippen LogP contribution < -0.4 is 15.4 Å². The van der Waals surface area contributed by atoms with Crippen molar-refractivity contribution in [2.75, 3.05) is 25.1 Å². The molecule has 0 aliphatic heterocycles. The molecule has 0 fully saturated rings. The summed E-state index contributed by atoms with van der Waals surface area (Å²) in [5.74, 6) is 0.852. The minimum atomic E-state index is -0.0811. The molecule has 3 heteroatoms. The predicted octanol–water partition coefficient (Wildman–Crippen LogP) is 3.53. The third-order valence-electron chi connectivity index (χ3n) is 3.74. The van der Waals surface area contributed by atoms with Crippen molar-refractivity contribution in [2.24, 2.45) is 5.73 Å². The number of hydrogen-bond donors (Lipinski definition) is 1. The summed E-state index contributed by atoms with van der Waals surface area (Å²) in [7, 11) is 1.68.